The van der Waals surface area contributed by atoms with Crippen molar-refractivity contribution in [1.82, 2.24) is 10.2 Å². The molecule has 5 nitrogen and oxygen atoms in total. The van der Waals surface area contributed by atoms with Gasteiger partial charge in [0.05, 0.1) is 19.3 Å². The lowest BCUT2D eigenvalue weighted by Crippen LogP contribution is -2.52. The number of guanidine groups is 1. The standard InChI is InChI=1S/C12H25N3O2S/c1-10(18-4)7-14-12(13-2)15-5-6-17-11(8-15)9-16-3/h10-11H,5-9H2,1-4H3,(H,13,14). The quantitative estimate of drug-likeness (QED) is 0.590. The van der Waals surface area contributed by atoms with Gasteiger partial charge in [-0.15, -0.1) is 0 Å². The molecule has 6 heteroatoms. The first-order valence-corrected chi connectivity index (χ1v) is 7.59. The summed E-state index contributed by atoms with van der Waals surface area (Å²) in [7, 11) is 3.53. The summed E-state index contributed by atoms with van der Waals surface area (Å²) in [4.78, 5) is 6.57. The van der Waals surface area contributed by atoms with Gasteiger partial charge in [-0.1, -0.05) is 6.92 Å². The maximum atomic E-state index is 5.64. The van der Waals surface area contributed by atoms with Gasteiger partial charge in [-0.2, -0.15) is 11.8 Å². The molecule has 1 rings (SSSR count). The molecule has 1 aliphatic heterocycles. The normalized spacial score (nSPS) is 23.0. The molecule has 0 aromatic carbocycles. The van der Waals surface area contributed by atoms with Crippen LogP contribution in [0.25, 0.3) is 0 Å². The first-order chi connectivity index (χ1) is 8.71. The molecular weight excluding hydrogens is 250 g/mol. The third-order valence-corrected chi connectivity index (χ3v) is 3.92. The molecule has 18 heavy (non-hydrogen) atoms. The van der Waals surface area contributed by atoms with Gasteiger partial charge in [0.1, 0.15) is 0 Å². The number of nitrogens with zero attached hydrogens (tertiary/aromatic N) is 2. The fourth-order valence-corrected chi connectivity index (χ4v) is 2.10. The van der Waals surface area contributed by atoms with Crippen molar-refractivity contribution < 1.29 is 9.47 Å². The molecule has 106 valence electrons. The van der Waals surface area contributed by atoms with Crippen molar-refractivity contribution in [3.8, 4) is 0 Å². The van der Waals surface area contributed by atoms with Crippen LogP contribution in [0.2, 0.25) is 0 Å². The fourth-order valence-electron chi connectivity index (χ4n) is 1.85. The second-order valence-corrected chi connectivity index (χ2v) is 5.64. The minimum absolute atomic E-state index is 0.139. The number of rotatable bonds is 5. The molecule has 0 aromatic heterocycles. The summed E-state index contributed by atoms with van der Waals surface area (Å²) in [5.74, 6) is 0.959. The van der Waals surface area contributed by atoms with Gasteiger partial charge in [0.25, 0.3) is 0 Å². The van der Waals surface area contributed by atoms with Crippen LogP contribution in [-0.4, -0.2) is 75.5 Å². The van der Waals surface area contributed by atoms with E-state index < -0.39 is 0 Å². The van der Waals surface area contributed by atoms with Crippen LogP contribution in [0.3, 0.4) is 0 Å². The Balaban J connectivity index is 2.44. The average molecular weight is 275 g/mol. The van der Waals surface area contributed by atoms with Crippen LogP contribution in [0.4, 0.5) is 0 Å². The maximum Gasteiger partial charge on any atom is 0.193 e. The molecule has 0 aliphatic carbocycles. The highest BCUT2D eigenvalue weighted by Gasteiger charge is 2.22. The molecule has 1 N–H and O–H groups in total. The van der Waals surface area contributed by atoms with Gasteiger partial charge < -0.3 is 19.7 Å². The molecule has 1 fully saturated rings. The van der Waals surface area contributed by atoms with Crippen LogP contribution in [0.1, 0.15) is 6.92 Å². The van der Waals surface area contributed by atoms with Crippen molar-refractivity contribution in [2.75, 3.05) is 53.3 Å². The fraction of sp³-hybridized carbons (Fsp3) is 0.917. The Hall–Kier alpha value is -0.460. The molecule has 0 spiro atoms. The second kappa shape index (κ2) is 8.61. The van der Waals surface area contributed by atoms with Crippen molar-refractivity contribution in [1.29, 1.82) is 0 Å². The Kier molecular flexibility index (Phi) is 7.46. The first-order valence-electron chi connectivity index (χ1n) is 6.30. The van der Waals surface area contributed by atoms with E-state index in [2.05, 4.69) is 28.4 Å². The number of aliphatic imine (C=N–C) groups is 1. The van der Waals surface area contributed by atoms with Crippen LogP contribution >= 0.6 is 11.8 Å². The Morgan fingerprint density at radius 3 is 3.06 bits per heavy atom. The molecule has 0 radical (unpaired) electrons. The van der Waals surface area contributed by atoms with Crippen molar-refractivity contribution in [2.45, 2.75) is 18.3 Å². The van der Waals surface area contributed by atoms with Gasteiger partial charge >= 0.3 is 0 Å². The molecule has 0 bridgehead atoms. The van der Waals surface area contributed by atoms with E-state index in [1.54, 1.807) is 7.11 Å². The van der Waals surface area contributed by atoms with Crippen molar-refractivity contribution in [3.05, 3.63) is 0 Å². The number of hydrogen-bond acceptors (Lipinski definition) is 4. The van der Waals surface area contributed by atoms with E-state index in [-0.39, 0.29) is 6.10 Å². The van der Waals surface area contributed by atoms with E-state index in [1.807, 2.05) is 18.8 Å². The van der Waals surface area contributed by atoms with Crippen molar-refractivity contribution in [3.63, 3.8) is 0 Å². The molecule has 2 atom stereocenters. The summed E-state index contributed by atoms with van der Waals surface area (Å²) >= 11 is 1.85. The lowest BCUT2D eigenvalue weighted by molar-refractivity contribution is -0.0447. The Morgan fingerprint density at radius 2 is 2.44 bits per heavy atom. The number of thioether (sulfide) groups is 1. The summed E-state index contributed by atoms with van der Waals surface area (Å²) in [5.41, 5.74) is 0. The molecule has 1 saturated heterocycles. The van der Waals surface area contributed by atoms with E-state index >= 15 is 0 Å². The highest BCUT2D eigenvalue weighted by molar-refractivity contribution is 7.99. The minimum Gasteiger partial charge on any atom is -0.382 e. The SMILES string of the molecule is CN=C(NCC(C)SC)N1CCOC(COC)C1. The summed E-state index contributed by atoms with van der Waals surface area (Å²) in [6, 6.07) is 0. The van der Waals surface area contributed by atoms with Gasteiger partial charge in [-0.05, 0) is 6.26 Å². The number of ether oxygens (including phenoxy) is 2. The number of methoxy groups -OCH3 is 1. The zero-order valence-corrected chi connectivity index (χ0v) is 12.6. The highest BCUT2D eigenvalue weighted by Crippen LogP contribution is 2.07. The molecule has 0 amide bonds. The summed E-state index contributed by atoms with van der Waals surface area (Å²) in [5, 5.41) is 3.99. The highest BCUT2D eigenvalue weighted by atomic mass is 32.2. The van der Waals surface area contributed by atoms with E-state index in [0.717, 1.165) is 32.2 Å². The number of hydrogen-bond donors (Lipinski definition) is 1. The third-order valence-electron chi connectivity index (χ3n) is 2.95. The van der Waals surface area contributed by atoms with Gasteiger partial charge in [-0.3, -0.25) is 4.99 Å². The van der Waals surface area contributed by atoms with E-state index in [4.69, 9.17) is 9.47 Å². The predicted octanol–water partition coefficient (Wildman–Crippen LogP) is 0.661. The van der Waals surface area contributed by atoms with Crippen LogP contribution < -0.4 is 5.32 Å². The topological polar surface area (TPSA) is 46.1 Å². The maximum absolute atomic E-state index is 5.64. The Labute approximate surface area is 114 Å². The van der Waals surface area contributed by atoms with Crippen molar-refractivity contribution >= 4 is 17.7 Å². The van der Waals surface area contributed by atoms with Gasteiger partial charge in [0, 0.05) is 39.0 Å². The van der Waals surface area contributed by atoms with Crippen LogP contribution in [0, 0.1) is 0 Å². The van der Waals surface area contributed by atoms with Crippen LogP contribution in [-0.2, 0) is 9.47 Å². The lowest BCUT2D eigenvalue weighted by Gasteiger charge is -2.35. The monoisotopic (exact) mass is 275 g/mol. The zero-order valence-electron chi connectivity index (χ0n) is 11.8. The number of nitrogens with one attached hydrogen (secondary N) is 1. The predicted molar refractivity (Wildman–Crippen MR) is 77.5 cm³/mol. The molecule has 1 heterocycles. The van der Waals surface area contributed by atoms with Gasteiger partial charge in [0.15, 0.2) is 5.96 Å². The zero-order chi connectivity index (χ0) is 13.4. The average Bonchev–Trinajstić information content (AvgIpc) is 2.40. The minimum atomic E-state index is 0.139. The lowest BCUT2D eigenvalue weighted by atomic mass is 10.3. The smallest absolute Gasteiger partial charge is 0.193 e. The Morgan fingerprint density at radius 1 is 1.67 bits per heavy atom. The Bertz CT molecular complexity index is 262. The van der Waals surface area contributed by atoms with Crippen LogP contribution in [0.5, 0.6) is 0 Å². The van der Waals surface area contributed by atoms with Crippen LogP contribution in [0.15, 0.2) is 4.99 Å². The van der Waals surface area contributed by atoms with E-state index in [0.29, 0.717) is 11.9 Å². The second-order valence-electron chi connectivity index (χ2n) is 4.37. The van der Waals surface area contributed by atoms with Gasteiger partial charge in [0.2, 0.25) is 0 Å². The largest absolute Gasteiger partial charge is 0.382 e. The van der Waals surface area contributed by atoms with E-state index in [9.17, 15) is 0 Å². The molecule has 0 saturated carbocycles. The summed E-state index contributed by atoms with van der Waals surface area (Å²) in [6.07, 6.45) is 2.26. The molecular formula is C12H25N3O2S. The van der Waals surface area contributed by atoms with E-state index in [1.165, 1.54) is 0 Å². The molecule has 0 aromatic rings. The summed E-state index contributed by atoms with van der Waals surface area (Å²) in [6.45, 7) is 6.22. The third kappa shape index (κ3) is 5.04. The van der Waals surface area contributed by atoms with Crippen molar-refractivity contribution in [2.24, 2.45) is 4.99 Å². The first kappa shape index (κ1) is 15.6. The summed E-state index contributed by atoms with van der Waals surface area (Å²) < 4.78 is 10.8. The molecule has 1 aliphatic rings. The molecule has 2 unspecified atom stereocenters. The number of morpholine rings is 1. The van der Waals surface area contributed by atoms with Gasteiger partial charge in [-0.25, -0.2) is 0 Å².